The Kier molecular flexibility index (Phi) is 9.34. The number of benzene rings is 10. The first-order valence-electron chi connectivity index (χ1n) is 27.4. The molecule has 0 bridgehead atoms. The van der Waals surface area contributed by atoms with Crippen LogP contribution in [-0.4, -0.2) is 21.5 Å². The van der Waals surface area contributed by atoms with Gasteiger partial charge in [0, 0.05) is 96.4 Å². The van der Waals surface area contributed by atoms with Gasteiger partial charge in [0.2, 0.25) is 17.3 Å². The number of aromatic nitrogens is 3. The number of para-hydroxylation sites is 2. The highest BCUT2D eigenvalue weighted by molar-refractivity contribution is 6.22. The molecule has 18 rings (SSSR count). The van der Waals surface area contributed by atoms with E-state index in [0.29, 0.717) is 11.4 Å². The zero-order valence-corrected chi connectivity index (χ0v) is 43.6. The van der Waals surface area contributed by atoms with E-state index in [2.05, 4.69) is 225 Å². The molecule has 17 aromatic rings. The molecule has 0 amide bonds. The third kappa shape index (κ3) is 6.60. The first-order chi connectivity index (χ1) is 40.6. The number of nitrogens with one attached hydrogen (secondary N) is 1. The number of hydrogen-bond acceptors (Lipinski definition) is 10. The van der Waals surface area contributed by atoms with E-state index in [1.807, 2.05) is 24.5 Å². The molecule has 82 heavy (non-hydrogen) atoms. The summed E-state index contributed by atoms with van der Waals surface area (Å²) in [6.07, 6.45) is 11.6. The van der Waals surface area contributed by atoms with Crippen molar-refractivity contribution in [3.8, 4) is 11.1 Å². The van der Waals surface area contributed by atoms with Crippen molar-refractivity contribution in [2.24, 2.45) is 0 Å². The van der Waals surface area contributed by atoms with Crippen LogP contribution in [0.4, 0.5) is 40.0 Å². The van der Waals surface area contributed by atoms with Crippen molar-refractivity contribution in [3.05, 3.63) is 237 Å². The van der Waals surface area contributed by atoms with E-state index in [4.69, 9.17) is 22.7 Å². The summed E-state index contributed by atoms with van der Waals surface area (Å²) >= 11 is 0. The minimum absolute atomic E-state index is 0.551. The molecule has 0 spiro atoms. The van der Waals surface area contributed by atoms with Gasteiger partial charge in [-0.1, -0.05) is 121 Å². The van der Waals surface area contributed by atoms with Crippen LogP contribution in [0.15, 0.2) is 249 Å². The molecule has 10 aromatic carbocycles. The molecule has 10 nitrogen and oxygen atoms in total. The fraction of sp³-hybridized carbons (Fsp3) is 0.0139. The van der Waals surface area contributed by atoms with Crippen molar-refractivity contribution in [3.63, 3.8) is 0 Å². The lowest BCUT2D eigenvalue weighted by Gasteiger charge is -2.28. The summed E-state index contributed by atoms with van der Waals surface area (Å²) in [7, 11) is 0. The van der Waals surface area contributed by atoms with Crippen molar-refractivity contribution in [2.45, 2.75) is 0 Å². The lowest BCUT2D eigenvalue weighted by molar-refractivity contribution is 0.628. The third-order valence-electron chi connectivity index (χ3n) is 16.6. The van der Waals surface area contributed by atoms with E-state index in [-0.39, 0.29) is 0 Å². The molecule has 0 fully saturated rings. The van der Waals surface area contributed by atoms with Gasteiger partial charge in [-0.15, -0.1) is 0 Å². The molecule has 0 unspecified atom stereocenters. The van der Waals surface area contributed by atoms with Gasteiger partial charge in [0.05, 0.1) is 23.3 Å². The lowest BCUT2D eigenvalue weighted by Crippen LogP contribution is -2.11. The summed E-state index contributed by atoms with van der Waals surface area (Å²) in [5.74, 6) is 0.782. The molecule has 384 valence electrons. The van der Waals surface area contributed by atoms with Crippen LogP contribution in [0, 0.1) is 0 Å². The van der Waals surface area contributed by atoms with Crippen LogP contribution in [0.5, 0.6) is 0 Å². The van der Waals surface area contributed by atoms with Gasteiger partial charge < -0.3 is 32.8 Å². The number of anilines is 7. The van der Waals surface area contributed by atoms with Crippen LogP contribution in [0.3, 0.4) is 0 Å². The fourth-order valence-electron chi connectivity index (χ4n) is 12.9. The Balaban J connectivity index is 0.842. The zero-order valence-electron chi connectivity index (χ0n) is 43.6. The van der Waals surface area contributed by atoms with Gasteiger partial charge in [-0.2, -0.15) is 0 Å². The average molecular weight is 1060 g/mol. The molecule has 7 aromatic heterocycles. The van der Waals surface area contributed by atoms with Gasteiger partial charge in [0.1, 0.15) is 11.2 Å². The first-order valence-corrected chi connectivity index (χ1v) is 27.4. The summed E-state index contributed by atoms with van der Waals surface area (Å²) in [4.78, 5) is 18.8. The quantitative estimate of drug-likeness (QED) is 0.155. The molecule has 0 atom stereocenters. The van der Waals surface area contributed by atoms with E-state index in [1.165, 1.54) is 16.2 Å². The largest absolute Gasteiger partial charge is 0.454 e. The predicted molar refractivity (Wildman–Crippen MR) is 334 cm³/mol. The Hall–Kier alpha value is -11.2. The molecule has 1 aliphatic heterocycles. The normalized spacial score (nSPS) is 12.6. The molecule has 0 radical (unpaired) electrons. The van der Waals surface area contributed by atoms with Crippen LogP contribution < -0.4 is 15.1 Å². The predicted octanol–water partition coefficient (Wildman–Crippen LogP) is 20.0. The highest BCUT2D eigenvalue weighted by Gasteiger charge is 2.27. The summed E-state index contributed by atoms with van der Waals surface area (Å²) in [5.41, 5.74) is 13.6. The number of hydrogen-bond donors (Lipinski definition) is 1. The standard InChI is InChI=1S/C72H42N6O4/c1-3-12-48-41(10-1)22-23-43-34-45(24-27-49(43)48)77(46-25-29-65-59(37-46)56-19-9-31-74-70(56)80-65)61-20-7-16-54-60-35-44(39-76-72(60)82-69(54)61)51-14-5-17-57-63(36-42-11-2-4-13-50(42)67(51)57)78(47-26-28-64-58(38-47)52-30-33-73-40-66(52)79-64)62-21-6-15-53-55-18-8-32-75-71(55)81-68(53)62/h1-30,32-40,74H,31H2. The first kappa shape index (κ1) is 44.7. The van der Waals surface area contributed by atoms with Crippen LogP contribution in [0.25, 0.3) is 137 Å². The maximum Gasteiger partial charge on any atom is 0.227 e. The summed E-state index contributed by atoms with van der Waals surface area (Å²) in [6, 6.07) is 71.1. The smallest absolute Gasteiger partial charge is 0.227 e. The molecule has 10 heteroatoms. The monoisotopic (exact) mass is 1050 g/mol. The molecule has 0 saturated carbocycles. The Labute approximate surface area is 466 Å². The maximum absolute atomic E-state index is 7.00. The van der Waals surface area contributed by atoms with E-state index in [0.717, 1.165) is 156 Å². The van der Waals surface area contributed by atoms with E-state index in [1.54, 1.807) is 12.4 Å². The van der Waals surface area contributed by atoms with Crippen molar-refractivity contribution in [1.29, 1.82) is 0 Å². The van der Waals surface area contributed by atoms with Gasteiger partial charge in [0.25, 0.3) is 0 Å². The molecule has 1 aliphatic rings. The van der Waals surface area contributed by atoms with Crippen LogP contribution in [-0.2, 0) is 0 Å². The number of furan rings is 4. The van der Waals surface area contributed by atoms with Gasteiger partial charge >= 0.3 is 0 Å². The molecular formula is C72H42N6O4. The number of nitrogens with zero attached hydrogens (tertiary/aromatic N) is 5. The SMILES string of the molecule is C1=Cc2c(oc3ccc(N(c4ccc5c(ccc6ccccc65)c4)c4cccc5c4oc4ncc(-c6cccc7c(N(c8ccc9oc%10cnccc%10c9c8)c8cccc9c8oc8ncccc89)cc8ccccc8c67)cc45)cc23)NC1. The van der Waals surface area contributed by atoms with Crippen LogP contribution in [0.1, 0.15) is 5.56 Å². The Morgan fingerprint density at radius 3 is 1.95 bits per heavy atom. The van der Waals surface area contributed by atoms with E-state index < -0.39 is 0 Å². The minimum atomic E-state index is 0.551. The van der Waals surface area contributed by atoms with Crippen LogP contribution >= 0.6 is 0 Å². The maximum atomic E-state index is 7.00. The minimum Gasteiger partial charge on any atom is -0.454 e. The topological polar surface area (TPSA) is 110 Å². The Bertz CT molecular complexity index is 5590. The highest BCUT2D eigenvalue weighted by Crippen LogP contribution is 2.50. The summed E-state index contributed by atoms with van der Waals surface area (Å²) in [5, 5.41) is 19.3. The Morgan fingerprint density at radius 2 is 1.06 bits per heavy atom. The number of fused-ring (bicyclic) bond motifs is 18. The molecule has 8 heterocycles. The van der Waals surface area contributed by atoms with Gasteiger partial charge in [0.15, 0.2) is 16.7 Å². The second-order valence-electron chi connectivity index (χ2n) is 21.1. The van der Waals surface area contributed by atoms with E-state index >= 15 is 0 Å². The molecular weight excluding hydrogens is 1010 g/mol. The van der Waals surface area contributed by atoms with Crippen molar-refractivity contribution in [1.82, 2.24) is 15.0 Å². The van der Waals surface area contributed by atoms with Crippen molar-refractivity contribution >= 4 is 166 Å². The molecule has 0 saturated heterocycles. The lowest BCUT2D eigenvalue weighted by atomic mass is 9.92. The second-order valence-corrected chi connectivity index (χ2v) is 21.1. The second kappa shape index (κ2) is 17.1. The molecule has 0 aliphatic carbocycles. The summed E-state index contributed by atoms with van der Waals surface area (Å²) in [6.45, 7) is 0.721. The third-order valence-corrected chi connectivity index (χ3v) is 16.6. The van der Waals surface area contributed by atoms with Gasteiger partial charge in [-0.3, -0.25) is 4.98 Å². The number of rotatable bonds is 7. The summed E-state index contributed by atoms with van der Waals surface area (Å²) < 4.78 is 26.4. The van der Waals surface area contributed by atoms with Gasteiger partial charge in [-0.05, 0) is 134 Å². The molecule has 1 N–H and O–H groups in total. The Morgan fingerprint density at radius 1 is 0.390 bits per heavy atom. The van der Waals surface area contributed by atoms with E-state index in [9.17, 15) is 0 Å². The highest BCUT2D eigenvalue weighted by atomic mass is 16.4. The zero-order chi connectivity index (χ0) is 53.6. The fourth-order valence-corrected chi connectivity index (χ4v) is 12.9. The number of pyridine rings is 3. The van der Waals surface area contributed by atoms with Crippen molar-refractivity contribution in [2.75, 3.05) is 21.7 Å². The van der Waals surface area contributed by atoms with Crippen LogP contribution in [0.2, 0.25) is 0 Å². The van der Waals surface area contributed by atoms with Gasteiger partial charge in [-0.25, -0.2) is 9.97 Å². The van der Waals surface area contributed by atoms with Crippen molar-refractivity contribution < 1.29 is 17.7 Å². The average Bonchev–Trinajstić information content (AvgIpc) is 4.47.